The highest BCUT2D eigenvalue weighted by Gasteiger charge is 2.38. The average Bonchev–Trinajstić information content (AvgIpc) is 3.16. The molecule has 1 aromatic carbocycles. The van der Waals surface area contributed by atoms with E-state index in [-0.39, 0.29) is 5.91 Å². The number of aromatic nitrogens is 1. The van der Waals surface area contributed by atoms with Crippen LogP contribution < -0.4 is 5.32 Å². The van der Waals surface area contributed by atoms with Crippen molar-refractivity contribution in [2.24, 2.45) is 0 Å². The summed E-state index contributed by atoms with van der Waals surface area (Å²) in [6, 6.07) is 7.97. The van der Waals surface area contributed by atoms with Crippen molar-refractivity contribution in [3.63, 3.8) is 0 Å². The summed E-state index contributed by atoms with van der Waals surface area (Å²) in [5.41, 5.74) is 1.30. The first-order chi connectivity index (χ1) is 11.1. The van der Waals surface area contributed by atoms with Gasteiger partial charge < -0.3 is 10.4 Å². The van der Waals surface area contributed by atoms with Gasteiger partial charge in [-0.25, -0.2) is 4.98 Å². The minimum Gasteiger partial charge on any atom is -0.384 e. The van der Waals surface area contributed by atoms with Crippen LogP contribution in [0.15, 0.2) is 35.8 Å². The lowest BCUT2D eigenvalue weighted by Crippen LogP contribution is -2.33. The van der Waals surface area contributed by atoms with Crippen molar-refractivity contribution >= 4 is 22.4 Å². The second-order valence-electron chi connectivity index (χ2n) is 6.01. The molecule has 1 saturated heterocycles. The molecule has 6 heteroatoms. The third kappa shape index (κ3) is 3.77. The van der Waals surface area contributed by atoms with Gasteiger partial charge in [0, 0.05) is 37.6 Å². The molecule has 2 N–H and O–H groups in total. The molecule has 1 fully saturated rings. The van der Waals surface area contributed by atoms with Gasteiger partial charge in [-0.2, -0.15) is 0 Å². The Balaban J connectivity index is 1.54. The van der Waals surface area contributed by atoms with Crippen LogP contribution in [0.5, 0.6) is 0 Å². The van der Waals surface area contributed by atoms with Crippen LogP contribution in [0.4, 0.5) is 5.13 Å². The number of hydrogen-bond donors (Lipinski definition) is 2. The third-order valence-corrected chi connectivity index (χ3v) is 5.00. The predicted octanol–water partition coefficient (Wildman–Crippen LogP) is 2.37. The molecule has 1 aromatic heterocycles. The van der Waals surface area contributed by atoms with E-state index in [1.807, 2.05) is 36.6 Å². The lowest BCUT2D eigenvalue weighted by Gasteiger charge is -2.25. The molecule has 23 heavy (non-hydrogen) atoms. The number of nitrogens with zero attached hydrogens (tertiary/aromatic N) is 2. The number of carbonyl (C=O) groups excluding carboxylic acids is 1. The first-order valence-electron chi connectivity index (χ1n) is 7.77. The number of amides is 1. The molecule has 3 rings (SSSR count). The highest BCUT2D eigenvalue weighted by atomic mass is 32.1. The summed E-state index contributed by atoms with van der Waals surface area (Å²) in [6.07, 6.45) is 2.78. The van der Waals surface area contributed by atoms with E-state index in [0.29, 0.717) is 31.1 Å². The summed E-state index contributed by atoms with van der Waals surface area (Å²) in [4.78, 5) is 18.1. The highest BCUT2D eigenvalue weighted by molar-refractivity contribution is 7.13. The standard InChI is InChI=1S/C17H21N3O2S/c1-13-4-2-3-5-14(13)17(22)7-10-20(12-17)9-6-15(21)19-16-18-8-11-23-16/h2-5,8,11,22H,6-7,9-10,12H2,1H3,(H,18,19,21)/t17-/m1/s1. The summed E-state index contributed by atoms with van der Waals surface area (Å²) in [5, 5.41) is 16.2. The predicted molar refractivity (Wildman–Crippen MR) is 91.5 cm³/mol. The number of carbonyl (C=O) groups is 1. The van der Waals surface area contributed by atoms with E-state index >= 15 is 0 Å². The molecular formula is C17H21N3O2S. The van der Waals surface area contributed by atoms with E-state index in [1.54, 1.807) is 6.20 Å². The van der Waals surface area contributed by atoms with E-state index in [9.17, 15) is 9.90 Å². The van der Waals surface area contributed by atoms with Gasteiger partial charge in [-0.3, -0.25) is 9.69 Å². The van der Waals surface area contributed by atoms with Crippen LogP contribution >= 0.6 is 11.3 Å². The van der Waals surface area contributed by atoms with Crippen LogP contribution in [0.1, 0.15) is 24.0 Å². The SMILES string of the molecule is Cc1ccccc1[C@@]1(O)CCN(CCC(=O)Nc2nccs2)C1. The molecule has 2 aromatic rings. The summed E-state index contributed by atoms with van der Waals surface area (Å²) in [5.74, 6) is -0.0359. The van der Waals surface area contributed by atoms with Crippen molar-refractivity contribution in [3.8, 4) is 0 Å². The molecule has 0 spiro atoms. The molecule has 0 aliphatic carbocycles. The van der Waals surface area contributed by atoms with Crippen LogP contribution in [0.2, 0.25) is 0 Å². The van der Waals surface area contributed by atoms with Crippen molar-refractivity contribution in [3.05, 3.63) is 47.0 Å². The molecule has 1 amide bonds. The number of aliphatic hydroxyl groups is 1. The molecule has 1 aliphatic heterocycles. The molecule has 2 heterocycles. The Hall–Kier alpha value is -1.76. The number of rotatable bonds is 5. The van der Waals surface area contributed by atoms with Crippen LogP contribution in [-0.2, 0) is 10.4 Å². The molecule has 1 atom stereocenters. The van der Waals surface area contributed by atoms with E-state index in [4.69, 9.17) is 0 Å². The Bertz CT molecular complexity index is 674. The number of thiazole rings is 1. The quantitative estimate of drug-likeness (QED) is 0.883. The average molecular weight is 331 g/mol. The van der Waals surface area contributed by atoms with Gasteiger partial charge in [0.1, 0.15) is 5.60 Å². The molecular weight excluding hydrogens is 310 g/mol. The Morgan fingerprint density at radius 2 is 2.30 bits per heavy atom. The van der Waals surface area contributed by atoms with E-state index < -0.39 is 5.60 Å². The number of aryl methyl sites for hydroxylation is 1. The van der Waals surface area contributed by atoms with Gasteiger partial charge in [-0.05, 0) is 24.5 Å². The molecule has 1 aliphatic rings. The van der Waals surface area contributed by atoms with Crippen molar-refractivity contribution < 1.29 is 9.90 Å². The minimum absolute atomic E-state index is 0.0359. The van der Waals surface area contributed by atoms with Crippen LogP contribution in [-0.4, -0.2) is 40.5 Å². The second-order valence-corrected chi connectivity index (χ2v) is 6.90. The fraction of sp³-hybridized carbons (Fsp3) is 0.412. The maximum absolute atomic E-state index is 11.9. The van der Waals surface area contributed by atoms with E-state index in [0.717, 1.165) is 17.7 Å². The number of anilines is 1. The minimum atomic E-state index is -0.808. The second kappa shape index (κ2) is 6.78. The molecule has 0 radical (unpaired) electrons. The van der Waals surface area contributed by atoms with Gasteiger partial charge >= 0.3 is 0 Å². The van der Waals surface area contributed by atoms with Crippen LogP contribution in [0.25, 0.3) is 0 Å². The van der Waals surface area contributed by atoms with E-state index in [2.05, 4.69) is 15.2 Å². The first-order valence-corrected chi connectivity index (χ1v) is 8.65. The Kier molecular flexibility index (Phi) is 4.75. The van der Waals surface area contributed by atoms with Crippen molar-refractivity contribution in [1.82, 2.24) is 9.88 Å². The molecule has 5 nitrogen and oxygen atoms in total. The normalized spacial score (nSPS) is 21.5. The van der Waals surface area contributed by atoms with Gasteiger partial charge in [-0.15, -0.1) is 11.3 Å². The maximum Gasteiger partial charge on any atom is 0.227 e. The molecule has 0 unspecified atom stereocenters. The van der Waals surface area contributed by atoms with Crippen molar-refractivity contribution in [2.75, 3.05) is 25.0 Å². The third-order valence-electron chi connectivity index (χ3n) is 4.31. The Morgan fingerprint density at radius 3 is 3.04 bits per heavy atom. The van der Waals surface area contributed by atoms with Gasteiger partial charge in [0.05, 0.1) is 0 Å². The number of hydrogen-bond acceptors (Lipinski definition) is 5. The van der Waals surface area contributed by atoms with Crippen molar-refractivity contribution in [1.29, 1.82) is 0 Å². The fourth-order valence-corrected chi connectivity index (χ4v) is 3.65. The Morgan fingerprint density at radius 1 is 1.48 bits per heavy atom. The zero-order valence-corrected chi connectivity index (χ0v) is 14.0. The zero-order valence-electron chi connectivity index (χ0n) is 13.2. The Labute approximate surface area is 140 Å². The zero-order chi connectivity index (χ0) is 16.3. The lowest BCUT2D eigenvalue weighted by molar-refractivity contribution is -0.116. The molecule has 0 bridgehead atoms. The molecule has 0 saturated carbocycles. The van der Waals surface area contributed by atoms with Crippen molar-refractivity contribution in [2.45, 2.75) is 25.4 Å². The van der Waals surface area contributed by atoms with Gasteiger partial charge in [0.15, 0.2) is 5.13 Å². The number of benzene rings is 1. The van der Waals surface area contributed by atoms with Gasteiger partial charge in [0.2, 0.25) is 5.91 Å². The smallest absolute Gasteiger partial charge is 0.227 e. The number of β-amino-alcohol motifs (C(OH)–C–C–N with tert-alkyl or cyclic N) is 1. The monoisotopic (exact) mass is 331 g/mol. The lowest BCUT2D eigenvalue weighted by atomic mass is 9.89. The highest BCUT2D eigenvalue weighted by Crippen LogP contribution is 2.33. The van der Waals surface area contributed by atoms with Crippen LogP contribution in [0, 0.1) is 6.92 Å². The summed E-state index contributed by atoms with van der Waals surface area (Å²) in [6.45, 7) is 4.04. The summed E-state index contributed by atoms with van der Waals surface area (Å²) >= 11 is 1.41. The van der Waals surface area contributed by atoms with Crippen LogP contribution in [0.3, 0.4) is 0 Å². The first kappa shape index (κ1) is 16.1. The topological polar surface area (TPSA) is 65.5 Å². The summed E-state index contributed by atoms with van der Waals surface area (Å²) in [7, 11) is 0. The van der Waals surface area contributed by atoms with Gasteiger partial charge in [-0.1, -0.05) is 24.3 Å². The fourth-order valence-electron chi connectivity index (χ4n) is 3.10. The maximum atomic E-state index is 11.9. The van der Waals surface area contributed by atoms with E-state index in [1.165, 1.54) is 11.3 Å². The molecule has 122 valence electrons. The number of nitrogens with one attached hydrogen (secondary N) is 1. The van der Waals surface area contributed by atoms with Gasteiger partial charge in [0.25, 0.3) is 0 Å². The number of likely N-dealkylation sites (tertiary alicyclic amines) is 1. The summed E-state index contributed by atoms with van der Waals surface area (Å²) < 4.78 is 0. The largest absolute Gasteiger partial charge is 0.384 e.